The number of hydrogen-bond acceptors (Lipinski definition) is 8. The molecule has 254 valence electrons. The van der Waals surface area contributed by atoms with Crippen molar-refractivity contribution in [3.05, 3.63) is 112 Å². The van der Waals surface area contributed by atoms with Crippen molar-refractivity contribution in [3.8, 4) is 17.2 Å². The normalized spacial score (nSPS) is 10.4. The summed E-state index contributed by atoms with van der Waals surface area (Å²) in [7, 11) is 0. The van der Waals surface area contributed by atoms with E-state index >= 15 is 0 Å². The van der Waals surface area contributed by atoms with Gasteiger partial charge in [-0.15, -0.1) is 0 Å². The summed E-state index contributed by atoms with van der Waals surface area (Å²) in [4.78, 5) is 33.9. The van der Waals surface area contributed by atoms with Gasteiger partial charge in [0.25, 0.3) is 0 Å². The van der Waals surface area contributed by atoms with Crippen LogP contribution in [-0.4, -0.2) is 54.5 Å². The van der Waals surface area contributed by atoms with E-state index in [1.165, 1.54) is 6.07 Å². The van der Waals surface area contributed by atoms with Gasteiger partial charge < -0.3 is 29.2 Å². The number of esters is 2. The largest absolute Gasteiger partial charge is 0.508 e. The van der Waals surface area contributed by atoms with Crippen LogP contribution >= 0.6 is 0 Å². The van der Waals surface area contributed by atoms with Crippen LogP contribution < -0.4 is 9.47 Å². The summed E-state index contributed by atoms with van der Waals surface area (Å²) in [5.41, 5.74) is 3.31. The minimum absolute atomic E-state index is 0.116. The van der Waals surface area contributed by atoms with Crippen molar-refractivity contribution in [2.45, 2.75) is 61.3 Å². The van der Waals surface area contributed by atoms with Crippen LogP contribution in [0, 0.1) is 20.8 Å². The van der Waals surface area contributed by atoms with Crippen LogP contribution in [0.5, 0.6) is 17.2 Å². The topological polar surface area (TPSA) is 129 Å². The molecule has 0 aliphatic carbocycles. The molecule has 0 bridgehead atoms. The van der Waals surface area contributed by atoms with E-state index in [-0.39, 0.29) is 17.3 Å². The minimum Gasteiger partial charge on any atom is -0.508 e. The summed E-state index contributed by atoms with van der Waals surface area (Å²) in [6, 6.07) is 15.3. The van der Waals surface area contributed by atoms with Gasteiger partial charge in [-0.3, -0.25) is 0 Å². The molecule has 2 N–H and O–H groups in total. The lowest BCUT2D eigenvalue weighted by atomic mass is 10.1. The number of ether oxygens (including phenoxy) is 4. The highest BCUT2D eigenvalue weighted by Crippen LogP contribution is 2.23. The fourth-order valence-corrected chi connectivity index (χ4v) is 4.00. The van der Waals surface area contributed by atoms with Crippen LogP contribution in [0.15, 0.2) is 78.9 Å². The molecule has 3 rings (SSSR count). The highest BCUT2D eigenvalue weighted by atomic mass is 16.5. The molecule has 0 aliphatic rings. The minimum atomic E-state index is -0.924. The number of carbonyl (C=O) groups excluding carboxylic acids is 2. The standard InChI is InChI=1S/C15H20O3.C13H16O3.C10H12O3/c1-4-6-7-11-18-14-10-8-9-13(12(14)3)15(16)17-5-2;1-3-4-5-9-16-12-8-6-7-11(10(12)2)13(14)15;1-3-13-10(12)8-5-4-6-9(11)7(8)2/h6-10H,4-5,11H2,1-3H3;4-8H,3,9H2,1-2H3,(H,14,15);4-6,11H,3H2,1-2H3/b7-6-;5-4-;. The van der Waals surface area contributed by atoms with Crippen LogP contribution in [0.2, 0.25) is 0 Å². The van der Waals surface area contributed by atoms with Gasteiger partial charge in [-0.1, -0.05) is 56.4 Å². The summed E-state index contributed by atoms with van der Waals surface area (Å²) in [6.07, 6.45) is 9.91. The number of carbonyl (C=O) groups is 3. The van der Waals surface area contributed by atoms with Crippen molar-refractivity contribution in [3.63, 3.8) is 0 Å². The number of benzene rings is 3. The number of phenols is 1. The molecule has 0 fully saturated rings. The average Bonchev–Trinajstić information content (AvgIpc) is 3.05. The molecule has 0 aliphatic heterocycles. The quantitative estimate of drug-likeness (QED) is 0.139. The van der Waals surface area contributed by atoms with E-state index in [2.05, 4.69) is 6.92 Å². The number of aromatic hydroxyl groups is 1. The molecule has 47 heavy (non-hydrogen) atoms. The second kappa shape index (κ2) is 22.5. The first-order valence-corrected chi connectivity index (χ1v) is 15.6. The number of phenolic OH excluding ortho intramolecular Hbond substituents is 1. The lowest BCUT2D eigenvalue weighted by molar-refractivity contribution is 0.0515. The molecule has 3 aromatic carbocycles. The Kier molecular flexibility index (Phi) is 19.1. The molecular weight excluding hydrogens is 600 g/mol. The summed E-state index contributed by atoms with van der Waals surface area (Å²) < 4.78 is 20.9. The van der Waals surface area contributed by atoms with E-state index in [0.717, 1.165) is 24.2 Å². The molecule has 9 heteroatoms. The molecule has 0 heterocycles. The Morgan fingerprint density at radius 1 is 0.596 bits per heavy atom. The maximum Gasteiger partial charge on any atom is 0.338 e. The van der Waals surface area contributed by atoms with E-state index in [9.17, 15) is 19.5 Å². The van der Waals surface area contributed by atoms with Gasteiger partial charge in [0.15, 0.2) is 0 Å². The third-order valence-electron chi connectivity index (χ3n) is 6.57. The lowest BCUT2D eigenvalue weighted by Gasteiger charge is -2.10. The van der Waals surface area contributed by atoms with Crippen LogP contribution in [-0.2, 0) is 9.47 Å². The van der Waals surface area contributed by atoms with Gasteiger partial charge in [0.1, 0.15) is 30.5 Å². The second-order valence-corrected chi connectivity index (χ2v) is 9.93. The zero-order valence-electron chi connectivity index (χ0n) is 28.5. The number of allylic oxidation sites excluding steroid dienone is 2. The fourth-order valence-electron chi connectivity index (χ4n) is 4.00. The molecule has 0 saturated carbocycles. The maximum absolute atomic E-state index is 11.7. The Labute approximate surface area is 278 Å². The van der Waals surface area contributed by atoms with Gasteiger partial charge >= 0.3 is 17.9 Å². The average molecular weight is 649 g/mol. The number of rotatable bonds is 13. The molecule has 9 nitrogen and oxygen atoms in total. The molecule has 0 saturated heterocycles. The Morgan fingerprint density at radius 3 is 1.43 bits per heavy atom. The predicted molar refractivity (Wildman–Crippen MR) is 184 cm³/mol. The summed E-state index contributed by atoms with van der Waals surface area (Å²) >= 11 is 0. The Bertz CT molecular complexity index is 1490. The molecule has 0 atom stereocenters. The third-order valence-corrected chi connectivity index (χ3v) is 6.57. The van der Waals surface area contributed by atoms with Gasteiger partial charge in [-0.2, -0.15) is 0 Å². The molecule has 0 spiro atoms. The Hall–Kier alpha value is -5.05. The van der Waals surface area contributed by atoms with Crippen molar-refractivity contribution in [2.24, 2.45) is 0 Å². The molecule has 0 radical (unpaired) electrons. The zero-order chi connectivity index (χ0) is 35.2. The van der Waals surface area contributed by atoms with E-state index in [1.54, 1.807) is 70.2 Å². The monoisotopic (exact) mass is 648 g/mol. The van der Waals surface area contributed by atoms with Crippen molar-refractivity contribution in [1.29, 1.82) is 0 Å². The van der Waals surface area contributed by atoms with Gasteiger partial charge in [-0.25, -0.2) is 14.4 Å². The molecule has 3 aromatic rings. The first-order chi connectivity index (χ1) is 22.5. The number of carboxylic acids is 1. The van der Waals surface area contributed by atoms with Crippen molar-refractivity contribution < 1.29 is 43.5 Å². The Morgan fingerprint density at radius 2 is 1.00 bits per heavy atom. The van der Waals surface area contributed by atoms with Gasteiger partial charge in [0.2, 0.25) is 0 Å². The highest BCUT2D eigenvalue weighted by Gasteiger charge is 2.13. The van der Waals surface area contributed by atoms with E-state index in [4.69, 9.17) is 24.1 Å². The van der Waals surface area contributed by atoms with Crippen molar-refractivity contribution in [2.75, 3.05) is 26.4 Å². The van der Waals surface area contributed by atoms with Gasteiger partial charge in [-0.05, 0) is 83.9 Å². The van der Waals surface area contributed by atoms with Crippen molar-refractivity contribution in [1.82, 2.24) is 0 Å². The smallest absolute Gasteiger partial charge is 0.338 e. The molecule has 0 amide bonds. The van der Waals surface area contributed by atoms with Crippen molar-refractivity contribution >= 4 is 17.9 Å². The lowest BCUT2D eigenvalue weighted by Crippen LogP contribution is -2.08. The first kappa shape index (κ1) is 40.0. The fraction of sp³-hybridized carbons (Fsp3) is 0.342. The number of aromatic carboxylic acids is 1. The molecule has 0 aromatic heterocycles. The van der Waals surface area contributed by atoms with Gasteiger partial charge in [0, 0.05) is 16.7 Å². The SMILES string of the molecule is CC/C=C\COc1cccc(C(=O)O)c1C.CC/C=C\COc1cccc(C(=O)OCC)c1C.CCOC(=O)c1cccc(O)c1C. The second-order valence-electron chi connectivity index (χ2n) is 9.93. The van der Waals surface area contributed by atoms with E-state index < -0.39 is 11.9 Å². The molecule has 0 unspecified atom stereocenters. The van der Waals surface area contributed by atoms with E-state index in [1.807, 2.05) is 44.2 Å². The highest BCUT2D eigenvalue weighted by molar-refractivity contribution is 5.92. The summed E-state index contributed by atoms with van der Waals surface area (Å²) in [5, 5.41) is 18.2. The number of hydrogen-bond donors (Lipinski definition) is 2. The number of carboxylic acid groups (broad SMARTS) is 1. The van der Waals surface area contributed by atoms with Crippen LogP contribution in [0.25, 0.3) is 0 Å². The van der Waals surface area contributed by atoms with Crippen LogP contribution in [0.1, 0.15) is 88.3 Å². The first-order valence-electron chi connectivity index (χ1n) is 15.6. The maximum atomic E-state index is 11.7. The molecular formula is C38H48O9. The van der Waals surface area contributed by atoms with Crippen LogP contribution in [0.4, 0.5) is 0 Å². The zero-order valence-corrected chi connectivity index (χ0v) is 28.5. The third kappa shape index (κ3) is 13.9. The Balaban J connectivity index is 0.000000357. The predicted octanol–water partition coefficient (Wildman–Crippen LogP) is 8.43. The summed E-state index contributed by atoms with van der Waals surface area (Å²) in [6.45, 7) is 14.7. The van der Waals surface area contributed by atoms with E-state index in [0.29, 0.717) is 54.4 Å². The van der Waals surface area contributed by atoms with Crippen LogP contribution in [0.3, 0.4) is 0 Å². The van der Waals surface area contributed by atoms with Gasteiger partial charge in [0.05, 0.1) is 29.9 Å². The summed E-state index contributed by atoms with van der Waals surface area (Å²) in [5.74, 6) is -0.153.